The highest BCUT2D eigenvalue weighted by Gasteiger charge is 2.48. The lowest BCUT2D eigenvalue weighted by Crippen LogP contribution is -2.38. The Hall–Kier alpha value is -1.20. The molecule has 0 saturated heterocycles. The van der Waals surface area contributed by atoms with E-state index in [0.29, 0.717) is 22.4 Å². The molecule has 0 spiro atoms. The van der Waals surface area contributed by atoms with E-state index in [4.69, 9.17) is 16.0 Å². The fraction of sp³-hybridized carbons (Fsp3) is 0.467. The van der Waals surface area contributed by atoms with Crippen LogP contribution < -0.4 is 0 Å². The van der Waals surface area contributed by atoms with Gasteiger partial charge in [0, 0.05) is 10.4 Å². The molecule has 1 aromatic carbocycles. The largest absolute Gasteiger partial charge is 0.458 e. The third-order valence-electron chi connectivity index (χ3n) is 4.13. The molecule has 0 amide bonds. The van der Waals surface area contributed by atoms with Crippen molar-refractivity contribution >= 4 is 22.6 Å². The first-order valence-electron chi connectivity index (χ1n) is 6.77. The van der Waals surface area contributed by atoms with Crippen LogP contribution in [0.4, 0.5) is 13.2 Å². The van der Waals surface area contributed by atoms with Gasteiger partial charge in [-0.15, -0.1) is 0 Å². The van der Waals surface area contributed by atoms with Crippen molar-refractivity contribution in [2.75, 3.05) is 0 Å². The molecule has 1 heterocycles. The first-order chi connectivity index (χ1) is 9.78. The SMILES string of the molecule is OC1(c2cc3cc(Cl)ccc3o2)CCCC(C(F)(F)F)C1. The molecule has 1 aliphatic rings. The first kappa shape index (κ1) is 14.7. The number of benzene rings is 1. The maximum Gasteiger partial charge on any atom is 0.391 e. The summed E-state index contributed by atoms with van der Waals surface area (Å²) in [6.07, 6.45) is -4.00. The molecule has 6 heteroatoms. The molecular weight excluding hydrogens is 305 g/mol. The van der Waals surface area contributed by atoms with Crippen molar-refractivity contribution < 1.29 is 22.7 Å². The molecule has 2 unspecified atom stereocenters. The fourth-order valence-corrected chi connectivity index (χ4v) is 3.18. The summed E-state index contributed by atoms with van der Waals surface area (Å²) in [6.45, 7) is 0. The average molecular weight is 319 g/mol. The highest BCUT2D eigenvalue weighted by atomic mass is 35.5. The quantitative estimate of drug-likeness (QED) is 0.800. The van der Waals surface area contributed by atoms with E-state index in [2.05, 4.69) is 0 Å². The number of halogens is 4. The van der Waals surface area contributed by atoms with Crippen LogP contribution in [0.2, 0.25) is 5.02 Å². The lowest BCUT2D eigenvalue weighted by Gasteiger charge is -2.36. The number of rotatable bonds is 1. The number of hydrogen-bond acceptors (Lipinski definition) is 2. The van der Waals surface area contributed by atoms with Crippen LogP contribution in [0.1, 0.15) is 31.4 Å². The van der Waals surface area contributed by atoms with Crippen molar-refractivity contribution in [1.29, 1.82) is 0 Å². The summed E-state index contributed by atoms with van der Waals surface area (Å²) in [6, 6.07) is 6.53. The van der Waals surface area contributed by atoms with E-state index < -0.39 is 17.7 Å². The van der Waals surface area contributed by atoms with Crippen molar-refractivity contribution in [3.05, 3.63) is 35.0 Å². The molecule has 0 bridgehead atoms. The van der Waals surface area contributed by atoms with Gasteiger partial charge in [0.25, 0.3) is 0 Å². The molecule has 3 rings (SSSR count). The van der Waals surface area contributed by atoms with Gasteiger partial charge >= 0.3 is 6.18 Å². The maximum atomic E-state index is 12.9. The standard InChI is InChI=1S/C15H14ClF3O2/c16-11-3-4-12-9(6-11)7-13(21-12)14(20)5-1-2-10(8-14)15(17,18)19/h3-4,6-7,10,20H,1-2,5,8H2. The third kappa shape index (κ3) is 2.77. The van der Waals surface area contributed by atoms with Gasteiger partial charge in [-0.25, -0.2) is 0 Å². The minimum atomic E-state index is -4.29. The van der Waals surface area contributed by atoms with E-state index in [1.807, 2.05) is 0 Å². The summed E-state index contributed by atoms with van der Waals surface area (Å²) in [7, 11) is 0. The molecule has 0 aliphatic heterocycles. The Bertz CT molecular complexity index is 664. The van der Waals surface area contributed by atoms with Crippen LogP contribution in [0.5, 0.6) is 0 Å². The summed E-state index contributed by atoms with van der Waals surface area (Å²) in [5.41, 5.74) is -1.05. The van der Waals surface area contributed by atoms with Gasteiger partial charge in [-0.05, 0) is 49.9 Å². The third-order valence-corrected chi connectivity index (χ3v) is 4.36. The fourth-order valence-electron chi connectivity index (χ4n) is 3.00. The van der Waals surface area contributed by atoms with Gasteiger partial charge in [0.2, 0.25) is 0 Å². The Morgan fingerprint density at radius 1 is 1.29 bits per heavy atom. The van der Waals surface area contributed by atoms with Crippen molar-refractivity contribution in [2.24, 2.45) is 5.92 Å². The van der Waals surface area contributed by atoms with Crippen LogP contribution in [-0.2, 0) is 5.60 Å². The summed E-state index contributed by atoms with van der Waals surface area (Å²) in [5, 5.41) is 11.8. The van der Waals surface area contributed by atoms with Gasteiger partial charge in [0.1, 0.15) is 16.9 Å². The van der Waals surface area contributed by atoms with E-state index in [1.54, 1.807) is 24.3 Å². The lowest BCUT2D eigenvalue weighted by molar-refractivity contribution is -0.203. The second kappa shape index (κ2) is 4.92. The van der Waals surface area contributed by atoms with Crippen LogP contribution in [0.3, 0.4) is 0 Å². The first-order valence-corrected chi connectivity index (χ1v) is 7.14. The molecule has 1 aromatic heterocycles. The van der Waals surface area contributed by atoms with E-state index in [-0.39, 0.29) is 25.0 Å². The molecular formula is C15H14ClF3O2. The topological polar surface area (TPSA) is 33.4 Å². The molecule has 0 radical (unpaired) electrons. The average Bonchev–Trinajstić information content (AvgIpc) is 2.81. The number of alkyl halides is 3. The maximum absolute atomic E-state index is 12.9. The zero-order valence-corrected chi connectivity index (χ0v) is 11.8. The summed E-state index contributed by atoms with van der Waals surface area (Å²) in [5.74, 6) is -1.30. The molecule has 1 saturated carbocycles. The number of furan rings is 1. The second-order valence-electron chi connectivity index (χ2n) is 5.66. The van der Waals surface area contributed by atoms with Crippen LogP contribution in [0.25, 0.3) is 11.0 Å². The van der Waals surface area contributed by atoms with Crippen LogP contribution in [0.15, 0.2) is 28.7 Å². The van der Waals surface area contributed by atoms with Crippen molar-refractivity contribution in [3.8, 4) is 0 Å². The van der Waals surface area contributed by atoms with E-state index in [0.717, 1.165) is 0 Å². The van der Waals surface area contributed by atoms with E-state index in [1.165, 1.54) is 0 Å². The molecule has 21 heavy (non-hydrogen) atoms. The summed E-state index contributed by atoms with van der Waals surface area (Å²) < 4.78 is 44.2. The Labute approximate surface area is 124 Å². The van der Waals surface area contributed by atoms with Gasteiger partial charge < -0.3 is 9.52 Å². The highest BCUT2D eigenvalue weighted by molar-refractivity contribution is 6.31. The van der Waals surface area contributed by atoms with Crippen LogP contribution in [0, 0.1) is 5.92 Å². The molecule has 1 N–H and O–H groups in total. The lowest BCUT2D eigenvalue weighted by atomic mass is 9.76. The summed E-state index contributed by atoms with van der Waals surface area (Å²) >= 11 is 5.88. The highest BCUT2D eigenvalue weighted by Crippen LogP contribution is 2.47. The van der Waals surface area contributed by atoms with E-state index in [9.17, 15) is 18.3 Å². The number of hydrogen-bond donors (Lipinski definition) is 1. The second-order valence-corrected chi connectivity index (χ2v) is 6.10. The molecule has 2 aromatic rings. The van der Waals surface area contributed by atoms with Crippen LogP contribution in [-0.4, -0.2) is 11.3 Å². The Kier molecular flexibility index (Phi) is 3.45. The van der Waals surface area contributed by atoms with Gasteiger partial charge in [0.05, 0.1) is 5.92 Å². The van der Waals surface area contributed by atoms with Gasteiger partial charge in [-0.1, -0.05) is 11.6 Å². The van der Waals surface area contributed by atoms with Gasteiger partial charge in [-0.3, -0.25) is 0 Å². The monoisotopic (exact) mass is 318 g/mol. The Balaban J connectivity index is 1.96. The van der Waals surface area contributed by atoms with Gasteiger partial charge in [0.15, 0.2) is 0 Å². The minimum Gasteiger partial charge on any atom is -0.458 e. The Morgan fingerprint density at radius 3 is 2.76 bits per heavy atom. The normalized spacial score (nSPS) is 27.2. The minimum absolute atomic E-state index is 0.0534. The molecule has 1 fully saturated rings. The Morgan fingerprint density at radius 2 is 2.05 bits per heavy atom. The van der Waals surface area contributed by atoms with E-state index >= 15 is 0 Å². The van der Waals surface area contributed by atoms with Gasteiger partial charge in [-0.2, -0.15) is 13.2 Å². The number of aliphatic hydroxyl groups is 1. The predicted octanol–water partition coefficient (Wildman–Crippen LogP) is 5.03. The zero-order valence-electron chi connectivity index (χ0n) is 11.1. The van der Waals surface area contributed by atoms with Crippen molar-refractivity contribution in [1.82, 2.24) is 0 Å². The summed E-state index contributed by atoms with van der Waals surface area (Å²) in [4.78, 5) is 0. The molecule has 2 atom stereocenters. The smallest absolute Gasteiger partial charge is 0.391 e. The molecule has 114 valence electrons. The van der Waals surface area contributed by atoms with Crippen molar-refractivity contribution in [2.45, 2.75) is 37.5 Å². The van der Waals surface area contributed by atoms with Crippen LogP contribution >= 0.6 is 11.6 Å². The van der Waals surface area contributed by atoms with Crippen molar-refractivity contribution in [3.63, 3.8) is 0 Å². The molecule has 1 aliphatic carbocycles. The zero-order chi connectivity index (χ0) is 15.3. The molecule has 2 nitrogen and oxygen atoms in total. The predicted molar refractivity (Wildman–Crippen MR) is 73.1 cm³/mol. The number of fused-ring (bicyclic) bond motifs is 1.